The number of rotatable bonds is 1. The molecule has 1 saturated carbocycles. The summed E-state index contributed by atoms with van der Waals surface area (Å²) in [4.78, 5) is 10.4. The van der Waals surface area contributed by atoms with Gasteiger partial charge in [0.2, 0.25) is 0 Å². The molecule has 2 atom stereocenters. The summed E-state index contributed by atoms with van der Waals surface area (Å²) in [6.45, 7) is 0. The highest BCUT2D eigenvalue weighted by atomic mass is 16.4. The van der Waals surface area contributed by atoms with Crippen LogP contribution < -0.4 is 10.8 Å². The minimum absolute atomic E-state index is 0.226. The third-order valence-corrected chi connectivity index (χ3v) is 2.12. The predicted octanol–water partition coefficient (Wildman–Crippen LogP) is -1.46. The molecule has 0 aromatic rings. The average molecular weight is 143 g/mol. The van der Waals surface area contributed by atoms with Crippen LogP contribution in [-0.2, 0) is 4.79 Å². The quantitative estimate of drug-likeness (QED) is 0.487. The average Bonchev–Trinajstić information content (AvgIpc) is 1.88. The van der Waals surface area contributed by atoms with E-state index < -0.39 is 5.97 Å². The maximum absolute atomic E-state index is 10.4. The molecule has 0 amide bonds. The molecule has 58 valence electrons. The number of hydrogen-bond donors (Lipinski definition) is 1. The van der Waals surface area contributed by atoms with Crippen LogP contribution in [0.25, 0.3) is 0 Å². The van der Waals surface area contributed by atoms with Gasteiger partial charge in [-0.3, -0.25) is 0 Å². The van der Waals surface area contributed by atoms with Crippen molar-refractivity contribution >= 4 is 5.97 Å². The third-order valence-electron chi connectivity index (χ3n) is 2.12. The number of carboxylic acid groups (broad SMARTS) is 1. The largest absolute Gasteiger partial charge is 0.550 e. The summed E-state index contributed by atoms with van der Waals surface area (Å²) < 4.78 is 0. The van der Waals surface area contributed by atoms with Crippen LogP contribution in [0.15, 0.2) is 0 Å². The van der Waals surface area contributed by atoms with Crippen LogP contribution in [0.5, 0.6) is 0 Å². The van der Waals surface area contributed by atoms with Crippen molar-refractivity contribution in [3.63, 3.8) is 0 Å². The van der Waals surface area contributed by atoms with Crippen LogP contribution in [0.2, 0.25) is 0 Å². The number of carboxylic acids is 1. The minimum Gasteiger partial charge on any atom is -0.550 e. The lowest BCUT2D eigenvalue weighted by Crippen LogP contribution is -2.63. The number of hydrogen-bond acceptors (Lipinski definition) is 2. The summed E-state index contributed by atoms with van der Waals surface area (Å²) >= 11 is 0. The maximum Gasteiger partial charge on any atom is 0.0849 e. The fourth-order valence-corrected chi connectivity index (χ4v) is 1.51. The second-order valence-corrected chi connectivity index (χ2v) is 3.05. The first-order valence-electron chi connectivity index (χ1n) is 3.74. The van der Waals surface area contributed by atoms with Crippen molar-refractivity contribution in [3.05, 3.63) is 0 Å². The molecule has 3 N–H and O–H groups in total. The minimum atomic E-state index is -0.895. The van der Waals surface area contributed by atoms with E-state index in [4.69, 9.17) is 0 Å². The maximum atomic E-state index is 10.4. The molecule has 10 heavy (non-hydrogen) atoms. The second kappa shape index (κ2) is 3.01. The molecule has 1 fully saturated rings. The summed E-state index contributed by atoms with van der Waals surface area (Å²) in [7, 11) is 0. The van der Waals surface area contributed by atoms with Gasteiger partial charge in [-0.05, 0) is 19.3 Å². The standard InChI is InChI=1S/C7H13NO2/c8-6-3-1-2-5(4-6)7(9)10/h5-6H,1-4,8H2,(H,9,10)/t5-,6-/m1/s1. The van der Waals surface area contributed by atoms with Crippen LogP contribution in [0.3, 0.4) is 0 Å². The van der Waals surface area contributed by atoms with E-state index in [0.29, 0.717) is 12.5 Å². The van der Waals surface area contributed by atoms with Crippen LogP contribution in [0, 0.1) is 5.92 Å². The van der Waals surface area contributed by atoms with Crippen molar-refractivity contribution in [1.29, 1.82) is 0 Å². The molecule has 0 aromatic carbocycles. The Morgan fingerprint density at radius 3 is 2.60 bits per heavy atom. The van der Waals surface area contributed by atoms with Crippen LogP contribution >= 0.6 is 0 Å². The molecule has 0 saturated heterocycles. The number of carbonyl (C=O) groups excluding carboxylic acids is 1. The Balaban J connectivity index is 2.39. The van der Waals surface area contributed by atoms with Crippen molar-refractivity contribution in [2.75, 3.05) is 0 Å². The first-order chi connectivity index (χ1) is 4.70. The van der Waals surface area contributed by atoms with Crippen LogP contribution in [-0.4, -0.2) is 12.0 Å². The van der Waals surface area contributed by atoms with Gasteiger partial charge in [0, 0.05) is 18.3 Å². The summed E-state index contributed by atoms with van der Waals surface area (Å²) in [6.07, 6.45) is 3.56. The van der Waals surface area contributed by atoms with E-state index in [1.807, 2.05) is 0 Å². The Bertz CT molecular complexity index is 136. The summed E-state index contributed by atoms with van der Waals surface area (Å²) in [5.74, 6) is -1.12. The first kappa shape index (κ1) is 7.54. The van der Waals surface area contributed by atoms with E-state index in [1.165, 1.54) is 0 Å². The van der Waals surface area contributed by atoms with Gasteiger partial charge in [0.25, 0.3) is 0 Å². The van der Waals surface area contributed by atoms with Gasteiger partial charge in [-0.25, -0.2) is 0 Å². The fourth-order valence-electron chi connectivity index (χ4n) is 1.51. The molecular weight excluding hydrogens is 130 g/mol. The molecule has 0 aromatic heterocycles. The lowest BCUT2D eigenvalue weighted by atomic mass is 9.86. The topological polar surface area (TPSA) is 67.8 Å². The Kier molecular flexibility index (Phi) is 2.27. The van der Waals surface area contributed by atoms with E-state index >= 15 is 0 Å². The summed E-state index contributed by atoms with van der Waals surface area (Å²) in [5, 5.41) is 10.4. The van der Waals surface area contributed by atoms with Crippen molar-refractivity contribution in [1.82, 2.24) is 0 Å². The molecule has 1 aliphatic carbocycles. The third kappa shape index (κ3) is 1.70. The van der Waals surface area contributed by atoms with Crippen molar-refractivity contribution in [2.24, 2.45) is 5.92 Å². The van der Waals surface area contributed by atoms with Crippen LogP contribution in [0.1, 0.15) is 25.7 Å². The van der Waals surface area contributed by atoms with Crippen molar-refractivity contribution in [2.45, 2.75) is 31.7 Å². The Morgan fingerprint density at radius 2 is 2.20 bits per heavy atom. The van der Waals surface area contributed by atoms with E-state index in [9.17, 15) is 9.90 Å². The van der Waals surface area contributed by atoms with Gasteiger partial charge < -0.3 is 15.6 Å². The highest BCUT2D eigenvalue weighted by Gasteiger charge is 2.21. The predicted molar refractivity (Wildman–Crippen MR) is 33.6 cm³/mol. The van der Waals surface area contributed by atoms with E-state index in [0.717, 1.165) is 19.3 Å². The Morgan fingerprint density at radius 1 is 1.50 bits per heavy atom. The van der Waals surface area contributed by atoms with Gasteiger partial charge in [0.05, 0.1) is 6.04 Å². The molecule has 0 unspecified atom stereocenters. The summed E-state index contributed by atoms with van der Waals surface area (Å²) in [6, 6.07) is 0.330. The molecule has 1 rings (SSSR count). The molecule has 0 spiro atoms. The molecule has 1 aliphatic rings. The normalized spacial score (nSPS) is 33.7. The SMILES string of the molecule is [NH3+][C@@H]1CCC[C@@H](C(=O)[O-])C1. The summed E-state index contributed by atoms with van der Waals surface area (Å²) in [5.41, 5.74) is 3.84. The van der Waals surface area contributed by atoms with Gasteiger partial charge in [-0.15, -0.1) is 0 Å². The zero-order chi connectivity index (χ0) is 7.56. The van der Waals surface area contributed by atoms with E-state index in [-0.39, 0.29) is 5.92 Å². The van der Waals surface area contributed by atoms with Gasteiger partial charge in [-0.2, -0.15) is 0 Å². The number of quaternary nitrogens is 1. The number of aliphatic carboxylic acids is 1. The van der Waals surface area contributed by atoms with Crippen molar-refractivity contribution in [3.8, 4) is 0 Å². The van der Waals surface area contributed by atoms with Gasteiger partial charge in [0.15, 0.2) is 0 Å². The van der Waals surface area contributed by atoms with Crippen LogP contribution in [0.4, 0.5) is 0 Å². The fraction of sp³-hybridized carbons (Fsp3) is 0.857. The monoisotopic (exact) mass is 143 g/mol. The van der Waals surface area contributed by atoms with E-state index in [1.54, 1.807) is 0 Å². The smallest absolute Gasteiger partial charge is 0.0849 e. The lowest BCUT2D eigenvalue weighted by molar-refractivity contribution is -0.429. The molecule has 0 heterocycles. The molecular formula is C7H13NO2. The Hall–Kier alpha value is -0.570. The molecule has 3 heteroatoms. The van der Waals surface area contributed by atoms with Gasteiger partial charge >= 0.3 is 0 Å². The Labute approximate surface area is 60.2 Å². The molecule has 0 bridgehead atoms. The lowest BCUT2D eigenvalue weighted by Gasteiger charge is -2.24. The molecule has 0 aliphatic heterocycles. The van der Waals surface area contributed by atoms with E-state index in [2.05, 4.69) is 5.73 Å². The first-order valence-corrected chi connectivity index (χ1v) is 3.74. The highest BCUT2D eigenvalue weighted by molar-refractivity contribution is 5.67. The van der Waals surface area contributed by atoms with Crippen molar-refractivity contribution < 1.29 is 15.6 Å². The highest BCUT2D eigenvalue weighted by Crippen LogP contribution is 2.21. The zero-order valence-electron chi connectivity index (χ0n) is 6.01. The van der Waals surface area contributed by atoms with Gasteiger partial charge in [-0.1, -0.05) is 0 Å². The second-order valence-electron chi connectivity index (χ2n) is 3.05. The van der Waals surface area contributed by atoms with Gasteiger partial charge in [0.1, 0.15) is 0 Å². The number of carbonyl (C=O) groups is 1. The zero-order valence-corrected chi connectivity index (χ0v) is 6.01. The molecule has 0 radical (unpaired) electrons. The molecule has 3 nitrogen and oxygen atoms in total.